The van der Waals surface area contributed by atoms with Crippen LogP contribution in [0.15, 0.2) is 24.3 Å². The van der Waals surface area contributed by atoms with Gasteiger partial charge in [-0.25, -0.2) is 0 Å². The average Bonchev–Trinajstić information content (AvgIpc) is 2.67. The maximum Gasteiger partial charge on any atom is 0.238 e. The van der Waals surface area contributed by atoms with E-state index in [4.69, 9.17) is 4.74 Å². The zero-order valence-electron chi connectivity index (χ0n) is 17.3. The van der Waals surface area contributed by atoms with Crippen LogP contribution in [0.25, 0.3) is 0 Å². The topological polar surface area (TPSA) is 61.9 Å². The highest BCUT2D eigenvalue weighted by molar-refractivity contribution is 5.93. The van der Waals surface area contributed by atoms with Gasteiger partial charge < -0.3 is 15.0 Å². The Bertz CT molecular complexity index is 675. The van der Waals surface area contributed by atoms with Gasteiger partial charge in [-0.05, 0) is 57.8 Å². The highest BCUT2D eigenvalue weighted by Crippen LogP contribution is 2.22. The minimum Gasteiger partial charge on any atom is -0.372 e. The van der Waals surface area contributed by atoms with E-state index >= 15 is 0 Å². The molecule has 1 N–H and O–H groups in total. The van der Waals surface area contributed by atoms with Gasteiger partial charge in [0.25, 0.3) is 0 Å². The highest BCUT2D eigenvalue weighted by atomic mass is 16.5. The number of para-hydroxylation sites is 1. The molecule has 2 heterocycles. The van der Waals surface area contributed by atoms with Crippen LogP contribution in [0.1, 0.15) is 39.2 Å². The summed E-state index contributed by atoms with van der Waals surface area (Å²) in [7, 11) is 0. The van der Waals surface area contributed by atoms with Gasteiger partial charge in [-0.1, -0.05) is 25.1 Å². The minimum absolute atomic E-state index is 0.0153. The molecule has 28 heavy (non-hydrogen) atoms. The second-order valence-electron chi connectivity index (χ2n) is 8.11. The van der Waals surface area contributed by atoms with Crippen molar-refractivity contribution in [3.8, 4) is 0 Å². The Morgan fingerprint density at radius 3 is 2.39 bits per heavy atom. The molecule has 3 rings (SSSR count). The third kappa shape index (κ3) is 5.32. The summed E-state index contributed by atoms with van der Waals surface area (Å²) in [6.07, 6.45) is 2.73. The molecule has 6 heteroatoms. The van der Waals surface area contributed by atoms with E-state index in [9.17, 15) is 9.59 Å². The summed E-state index contributed by atoms with van der Waals surface area (Å²) in [4.78, 5) is 29.4. The van der Waals surface area contributed by atoms with Crippen molar-refractivity contribution in [2.24, 2.45) is 5.92 Å². The molecule has 0 bridgehead atoms. The summed E-state index contributed by atoms with van der Waals surface area (Å²) in [6, 6.07) is 7.93. The predicted octanol–water partition coefficient (Wildman–Crippen LogP) is 2.54. The average molecular weight is 388 g/mol. The molecule has 6 nitrogen and oxygen atoms in total. The van der Waals surface area contributed by atoms with Crippen molar-refractivity contribution in [1.29, 1.82) is 0 Å². The van der Waals surface area contributed by atoms with Gasteiger partial charge in [-0.15, -0.1) is 0 Å². The smallest absolute Gasteiger partial charge is 0.238 e. The standard InChI is InChI=1S/C22H33N3O3/c1-4-18-7-5-6-8-20(18)23-21(26)15-24-11-9-19(10-12-24)22(27)25-13-16(2)28-17(3)14-25/h5-8,16-17,19H,4,9-15H2,1-3H3,(H,23,26). The van der Waals surface area contributed by atoms with Crippen molar-refractivity contribution >= 4 is 17.5 Å². The molecule has 2 amide bonds. The van der Waals surface area contributed by atoms with E-state index in [0.717, 1.165) is 43.6 Å². The van der Waals surface area contributed by atoms with Crippen LogP contribution in [0.2, 0.25) is 0 Å². The second-order valence-corrected chi connectivity index (χ2v) is 8.11. The van der Waals surface area contributed by atoms with Crippen molar-refractivity contribution in [3.63, 3.8) is 0 Å². The maximum atomic E-state index is 12.9. The number of likely N-dealkylation sites (tertiary alicyclic amines) is 1. The lowest BCUT2D eigenvalue weighted by molar-refractivity contribution is -0.148. The Balaban J connectivity index is 1.46. The summed E-state index contributed by atoms with van der Waals surface area (Å²) < 4.78 is 5.73. The Kier molecular flexibility index (Phi) is 7.08. The Morgan fingerprint density at radius 1 is 1.11 bits per heavy atom. The van der Waals surface area contributed by atoms with Crippen LogP contribution >= 0.6 is 0 Å². The van der Waals surface area contributed by atoms with Crippen molar-refractivity contribution in [2.45, 2.75) is 52.2 Å². The van der Waals surface area contributed by atoms with Crippen LogP contribution in [0, 0.1) is 5.92 Å². The second kappa shape index (κ2) is 9.52. The van der Waals surface area contributed by atoms with E-state index in [1.807, 2.05) is 43.0 Å². The number of nitrogens with zero attached hydrogens (tertiary/aromatic N) is 2. The lowest BCUT2D eigenvalue weighted by Gasteiger charge is -2.39. The fourth-order valence-electron chi connectivity index (χ4n) is 4.30. The van der Waals surface area contributed by atoms with Crippen LogP contribution in [-0.4, -0.2) is 66.5 Å². The molecule has 0 spiro atoms. The van der Waals surface area contributed by atoms with Crippen LogP contribution in [0.4, 0.5) is 5.69 Å². The van der Waals surface area contributed by atoms with Crippen LogP contribution < -0.4 is 5.32 Å². The number of morpholine rings is 1. The summed E-state index contributed by atoms with van der Waals surface area (Å²) in [5, 5.41) is 3.03. The molecule has 154 valence electrons. The molecular formula is C22H33N3O3. The first kappa shape index (κ1) is 20.8. The van der Waals surface area contributed by atoms with Crippen LogP contribution in [0.3, 0.4) is 0 Å². The largest absolute Gasteiger partial charge is 0.372 e. The molecule has 2 fully saturated rings. The van der Waals surface area contributed by atoms with Gasteiger partial charge in [0.2, 0.25) is 11.8 Å². The van der Waals surface area contributed by atoms with E-state index in [1.165, 1.54) is 0 Å². The Morgan fingerprint density at radius 2 is 1.75 bits per heavy atom. The fourth-order valence-corrected chi connectivity index (χ4v) is 4.30. The number of carbonyl (C=O) groups is 2. The summed E-state index contributed by atoms with van der Waals surface area (Å²) in [6.45, 7) is 9.45. The normalized spacial score (nSPS) is 24.2. The molecule has 0 aromatic heterocycles. The molecule has 2 saturated heterocycles. The molecule has 0 aliphatic carbocycles. The number of anilines is 1. The number of nitrogens with one attached hydrogen (secondary N) is 1. The van der Waals surface area contributed by atoms with Gasteiger partial charge in [-0.2, -0.15) is 0 Å². The molecule has 0 radical (unpaired) electrons. The number of hydrogen-bond acceptors (Lipinski definition) is 4. The van der Waals surface area contributed by atoms with Gasteiger partial charge in [0.1, 0.15) is 0 Å². The van der Waals surface area contributed by atoms with Gasteiger partial charge in [-0.3, -0.25) is 14.5 Å². The van der Waals surface area contributed by atoms with Crippen molar-refractivity contribution in [1.82, 2.24) is 9.80 Å². The molecule has 1 aromatic rings. The number of benzene rings is 1. The number of ether oxygens (including phenoxy) is 1. The molecule has 1 aromatic carbocycles. The monoisotopic (exact) mass is 387 g/mol. The number of piperidine rings is 1. The fraction of sp³-hybridized carbons (Fsp3) is 0.636. The summed E-state index contributed by atoms with van der Waals surface area (Å²) in [5.74, 6) is 0.335. The molecule has 2 aliphatic heterocycles. The number of rotatable bonds is 5. The van der Waals surface area contributed by atoms with E-state index in [-0.39, 0.29) is 29.9 Å². The maximum absolute atomic E-state index is 12.9. The number of carbonyl (C=O) groups excluding carboxylic acids is 2. The predicted molar refractivity (Wildman–Crippen MR) is 110 cm³/mol. The third-order valence-corrected chi connectivity index (χ3v) is 5.71. The van der Waals surface area contributed by atoms with E-state index < -0.39 is 0 Å². The summed E-state index contributed by atoms with van der Waals surface area (Å²) >= 11 is 0. The van der Waals surface area contributed by atoms with E-state index in [2.05, 4.69) is 17.1 Å². The van der Waals surface area contributed by atoms with Crippen molar-refractivity contribution < 1.29 is 14.3 Å². The summed E-state index contributed by atoms with van der Waals surface area (Å²) in [5.41, 5.74) is 2.05. The first-order valence-corrected chi connectivity index (χ1v) is 10.5. The van der Waals surface area contributed by atoms with Gasteiger partial charge >= 0.3 is 0 Å². The first-order valence-electron chi connectivity index (χ1n) is 10.5. The highest BCUT2D eigenvalue weighted by Gasteiger charge is 2.32. The third-order valence-electron chi connectivity index (χ3n) is 5.71. The van der Waals surface area contributed by atoms with Crippen LogP contribution in [-0.2, 0) is 20.7 Å². The number of amides is 2. The van der Waals surface area contributed by atoms with E-state index in [1.54, 1.807) is 0 Å². The number of hydrogen-bond donors (Lipinski definition) is 1. The molecule has 2 atom stereocenters. The van der Waals surface area contributed by atoms with Crippen molar-refractivity contribution in [3.05, 3.63) is 29.8 Å². The molecule has 2 unspecified atom stereocenters. The zero-order chi connectivity index (χ0) is 20.1. The van der Waals surface area contributed by atoms with Gasteiger partial charge in [0.05, 0.1) is 18.8 Å². The molecular weight excluding hydrogens is 354 g/mol. The van der Waals surface area contributed by atoms with Crippen molar-refractivity contribution in [2.75, 3.05) is 38.0 Å². The number of aryl methyl sites for hydroxylation is 1. The first-order chi connectivity index (χ1) is 13.5. The minimum atomic E-state index is 0.0153. The Labute approximate surface area is 168 Å². The Hall–Kier alpha value is -1.92. The van der Waals surface area contributed by atoms with E-state index in [0.29, 0.717) is 19.6 Å². The quantitative estimate of drug-likeness (QED) is 0.843. The SMILES string of the molecule is CCc1ccccc1NC(=O)CN1CCC(C(=O)N2CC(C)OC(C)C2)CC1. The lowest BCUT2D eigenvalue weighted by Crippen LogP contribution is -2.51. The zero-order valence-corrected chi connectivity index (χ0v) is 17.3. The van der Waals surface area contributed by atoms with Gasteiger partial charge in [0, 0.05) is 24.7 Å². The van der Waals surface area contributed by atoms with Crippen LogP contribution in [0.5, 0.6) is 0 Å². The van der Waals surface area contributed by atoms with Gasteiger partial charge in [0.15, 0.2) is 0 Å². The molecule has 2 aliphatic rings. The lowest BCUT2D eigenvalue weighted by atomic mass is 9.94. The molecule has 0 saturated carbocycles.